The van der Waals surface area contributed by atoms with Crippen LogP contribution >= 0.6 is 0 Å². The fraction of sp³-hybridized carbons (Fsp3) is 0.542. The monoisotopic (exact) mass is 482 g/mol. The number of carbonyl (C=O) groups excluding carboxylic acids is 1. The molecule has 1 amide bonds. The lowest BCUT2D eigenvalue weighted by molar-refractivity contribution is -0.144. The Labute approximate surface area is 195 Å². The van der Waals surface area contributed by atoms with Crippen LogP contribution in [0.15, 0.2) is 28.7 Å². The lowest BCUT2D eigenvalue weighted by Gasteiger charge is -2.29. The summed E-state index contributed by atoms with van der Waals surface area (Å²) in [6.45, 7) is 5.23. The fourth-order valence-corrected chi connectivity index (χ4v) is 4.03. The smallest absolute Gasteiger partial charge is 0.416 e. The lowest BCUT2D eigenvalue weighted by Crippen LogP contribution is -2.47. The number of aliphatic carboxylic acids is 1. The average molecular weight is 482 g/mol. The first-order chi connectivity index (χ1) is 16.0. The van der Waals surface area contributed by atoms with Gasteiger partial charge in [0.1, 0.15) is 17.5 Å². The van der Waals surface area contributed by atoms with E-state index in [-0.39, 0.29) is 41.9 Å². The molecule has 1 aliphatic rings. The minimum atomic E-state index is -4.47. The minimum absolute atomic E-state index is 0.0801. The maximum Gasteiger partial charge on any atom is 0.416 e. The number of carboxylic acid groups (broad SMARTS) is 1. The number of hydrogen-bond acceptors (Lipinski definition) is 5. The third-order valence-corrected chi connectivity index (χ3v) is 6.01. The summed E-state index contributed by atoms with van der Waals surface area (Å²) < 4.78 is 50.5. The van der Waals surface area contributed by atoms with Gasteiger partial charge in [0, 0.05) is 11.5 Å². The molecular formula is C24H29F3N2O5. The number of carboxylic acids is 1. The Morgan fingerprint density at radius 3 is 2.68 bits per heavy atom. The third kappa shape index (κ3) is 6.37. The van der Waals surface area contributed by atoms with Crippen LogP contribution in [0.25, 0.3) is 11.5 Å². The number of hydrogen-bond donors (Lipinski definition) is 2. The Hall–Kier alpha value is -2.88. The van der Waals surface area contributed by atoms with Crippen molar-refractivity contribution in [2.45, 2.75) is 71.4 Å². The number of oxazole rings is 1. The molecule has 3 rings (SSSR count). The number of ether oxygens (including phenoxy) is 1. The van der Waals surface area contributed by atoms with Crippen LogP contribution in [0.2, 0.25) is 0 Å². The van der Waals surface area contributed by atoms with Gasteiger partial charge in [0.25, 0.3) is 0 Å². The van der Waals surface area contributed by atoms with Crippen LogP contribution in [0, 0.1) is 18.8 Å². The molecule has 0 saturated heterocycles. The SMILES string of the molecule is Cc1oc(-c2cccc(C(F)(F)F)c2)nc1COC1CCCC(C(=O)N[C@@H](C(=O)O)C(C)C)C1. The molecule has 1 aromatic heterocycles. The standard InChI is InChI=1S/C24H29F3N2O5/c1-13(2)20(23(31)32)29-21(30)15-6-5-9-18(11-15)33-12-19-14(3)34-22(28-19)16-7-4-8-17(10-16)24(25,26)27/h4,7-8,10,13,15,18,20H,5-6,9,11-12H2,1-3H3,(H,29,30)(H,31,32)/t15?,18?,20-/m1/s1. The quantitative estimate of drug-likeness (QED) is 0.551. The molecule has 186 valence electrons. The second-order valence-electron chi connectivity index (χ2n) is 8.97. The van der Waals surface area contributed by atoms with Crippen molar-refractivity contribution in [2.24, 2.45) is 11.8 Å². The first-order valence-corrected chi connectivity index (χ1v) is 11.2. The average Bonchev–Trinajstić information content (AvgIpc) is 3.15. The van der Waals surface area contributed by atoms with E-state index in [1.807, 2.05) is 0 Å². The van der Waals surface area contributed by atoms with Crippen molar-refractivity contribution in [1.29, 1.82) is 0 Å². The van der Waals surface area contributed by atoms with E-state index < -0.39 is 23.8 Å². The summed E-state index contributed by atoms with van der Waals surface area (Å²) in [5.74, 6) is -1.42. The maximum atomic E-state index is 13.0. The second-order valence-corrected chi connectivity index (χ2v) is 8.97. The molecule has 2 aromatic rings. The summed E-state index contributed by atoms with van der Waals surface area (Å²) in [5, 5.41) is 11.9. The molecule has 2 N–H and O–H groups in total. The zero-order chi connectivity index (χ0) is 25.0. The molecule has 1 saturated carbocycles. The highest BCUT2D eigenvalue weighted by Crippen LogP contribution is 2.33. The van der Waals surface area contributed by atoms with Gasteiger partial charge in [0.05, 0.1) is 18.3 Å². The van der Waals surface area contributed by atoms with Gasteiger partial charge in [-0.2, -0.15) is 13.2 Å². The Morgan fingerprint density at radius 1 is 1.29 bits per heavy atom. The third-order valence-electron chi connectivity index (χ3n) is 6.01. The van der Waals surface area contributed by atoms with Gasteiger partial charge in [-0.1, -0.05) is 26.3 Å². The summed E-state index contributed by atoms with van der Waals surface area (Å²) in [5.41, 5.74) is -0.0887. The molecule has 0 spiro atoms. The van der Waals surface area contributed by atoms with Gasteiger partial charge in [0.2, 0.25) is 11.8 Å². The zero-order valence-corrected chi connectivity index (χ0v) is 19.3. The summed E-state index contributed by atoms with van der Waals surface area (Å²) in [4.78, 5) is 28.3. The van der Waals surface area contributed by atoms with E-state index in [1.54, 1.807) is 20.8 Å². The summed E-state index contributed by atoms with van der Waals surface area (Å²) in [7, 11) is 0. The Balaban J connectivity index is 1.61. The lowest BCUT2D eigenvalue weighted by atomic mass is 9.86. The number of halogens is 3. The van der Waals surface area contributed by atoms with E-state index in [9.17, 15) is 27.9 Å². The first-order valence-electron chi connectivity index (χ1n) is 11.2. The zero-order valence-electron chi connectivity index (χ0n) is 19.3. The van der Waals surface area contributed by atoms with Crippen LogP contribution < -0.4 is 5.32 Å². The van der Waals surface area contributed by atoms with Crippen molar-refractivity contribution in [3.63, 3.8) is 0 Å². The summed E-state index contributed by atoms with van der Waals surface area (Å²) in [6.07, 6.45) is -2.08. The molecule has 0 aliphatic heterocycles. The second kappa shape index (κ2) is 10.6. The van der Waals surface area contributed by atoms with Crippen molar-refractivity contribution in [1.82, 2.24) is 10.3 Å². The minimum Gasteiger partial charge on any atom is -0.480 e. The first kappa shape index (κ1) is 25.7. The molecule has 1 fully saturated rings. The number of alkyl halides is 3. The van der Waals surface area contributed by atoms with Gasteiger partial charge in [0.15, 0.2) is 0 Å². The molecule has 0 radical (unpaired) electrons. The molecule has 34 heavy (non-hydrogen) atoms. The van der Waals surface area contributed by atoms with Crippen LogP contribution in [-0.4, -0.2) is 34.1 Å². The van der Waals surface area contributed by atoms with Crippen molar-refractivity contribution in [2.75, 3.05) is 0 Å². The largest absolute Gasteiger partial charge is 0.480 e. The van der Waals surface area contributed by atoms with Gasteiger partial charge >= 0.3 is 12.1 Å². The number of amides is 1. The predicted molar refractivity (Wildman–Crippen MR) is 117 cm³/mol. The molecular weight excluding hydrogens is 453 g/mol. The van der Waals surface area contributed by atoms with Crippen molar-refractivity contribution >= 4 is 11.9 Å². The Kier molecular flexibility index (Phi) is 8.01. The number of benzene rings is 1. The molecule has 3 atom stereocenters. The van der Waals surface area contributed by atoms with Crippen LogP contribution in [0.3, 0.4) is 0 Å². The predicted octanol–water partition coefficient (Wildman–Crippen LogP) is 4.97. The summed E-state index contributed by atoms with van der Waals surface area (Å²) >= 11 is 0. The number of rotatable bonds is 8. The molecule has 7 nitrogen and oxygen atoms in total. The van der Waals surface area contributed by atoms with E-state index in [1.165, 1.54) is 12.1 Å². The number of nitrogens with zero attached hydrogens (tertiary/aromatic N) is 1. The van der Waals surface area contributed by atoms with Crippen LogP contribution in [0.4, 0.5) is 13.2 Å². The number of aromatic nitrogens is 1. The molecule has 10 heteroatoms. The van der Waals surface area contributed by atoms with Crippen molar-refractivity contribution in [3.05, 3.63) is 41.3 Å². The van der Waals surface area contributed by atoms with Crippen LogP contribution in [0.5, 0.6) is 0 Å². The van der Waals surface area contributed by atoms with Crippen LogP contribution in [-0.2, 0) is 27.1 Å². The van der Waals surface area contributed by atoms with Crippen LogP contribution in [0.1, 0.15) is 56.5 Å². The highest BCUT2D eigenvalue weighted by Gasteiger charge is 2.32. The molecule has 1 aromatic carbocycles. The molecule has 1 aliphatic carbocycles. The van der Waals surface area contributed by atoms with E-state index in [0.29, 0.717) is 24.3 Å². The normalized spacial score (nSPS) is 19.7. The highest BCUT2D eigenvalue weighted by molar-refractivity contribution is 5.85. The van der Waals surface area contributed by atoms with Gasteiger partial charge in [-0.05, 0) is 50.3 Å². The van der Waals surface area contributed by atoms with E-state index >= 15 is 0 Å². The van der Waals surface area contributed by atoms with E-state index in [0.717, 1.165) is 25.0 Å². The molecule has 1 heterocycles. The highest BCUT2D eigenvalue weighted by atomic mass is 19.4. The van der Waals surface area contributed by atoms with Gasteiger partial charge < -0.3 is 19.6 Å². The topological polar surface area (TPSA) is 102 Å². The van der Waals surface area contributed by atoms with Gasteiger partial charge in [-0.15, -0.1) is 0 Å². The number of carbonyl (C=O) groups is 2. The van der Waals surface area contributed by atoms with E-state index in [4.69, 9.17) is 9.15 Å². The maximum absolute atomic E-state index is 13.0. The van der Waals surface area contributed by atoms with Gasteiger partial charge in [-0.25, -0.2) is 9.78 Å². The molecule has 0 bridgehead atoms. The number of nitrogens with one attached hydrogen (secondary N) is 1. The Morgan fingerprint density at radius 2 is 2.03 bits per heavy atom. The van der Waals surface area contributed by atoms with E-state index in [2.05, 4.69) is 10.3 Å². The van der Waals surface area contributed by atoms with Crippen molar-refractivity contribution in [3.8, 4) is 11.5 Å². The molecule has 2 unspecified atom stereocenters. The van der Waals surface area contributed by atoms with Crippen molar-refractivity contribution < 1.29 is 37.0 Å². The fourth-order valence-electron chi connectivity index (χ4n) is 4.03. The summed E-state index contributed by atoms with van der Waals surface area (Å²) in [6, 6.07) is 3.83. The Bertz CT molecular complexity index is 1020. The van der Waals surface area contributed by atoms with Gasteiger partial charge in [-0.3, -0.25) is 4.79 Å². The number of aryl methyl sites for hydroxylation is 1.